The normalized spacial score (nSPS) is 15.8. The quantitative estimate of drug-likeness (QED) is 0.201. The van der Waals surface area contributed by atoms with E-state index < -0.39 is 17.7 Å². The van der Waals surface area contributed by atoms with Gasteiger partial charge in [-0.05, 0) is 54.2 Å². The summed E-state index contributed by atoms with van der Waals surface area (Å²) in [6.45, 7) is 4.60. The summed E-state index contributed by atoms with van der Waals surface area (Å²) < 4.78 is 5.26. The van der Waals surface area contributed by atoms with Crippen LogP contribution in [-0.4, -0.2) is 36.1 Å². The molecule has 2 atom stereocenters. The van der Waals surface area contributed by atoms with Crippen LogP contribution < -0.4 is 26.2 Å². The summed E-state index contributed by atoms with van der Waals surface area (Å²) in [5, 5.41) is 11.6. The predicted octanol–water partition coefficient (Wildman–Crippen LogP) is 3.70. The highest BCUT2D eigenvalue weighted by Crippen LogP contribution is 2.38. The molecule has 2 aromatic carbocycles. The van der Waals surface area contributed by atoms with Gasteiger partial charge in [0.05, 0.1) is 24.4 Å². The highest BCUT2D eigenvalue weighted by molar-refractivity contribution is 6.04. The van der Waals surface area contributed by atoms with Gasteiger partial charge in [0.2, 0.25) is 17.7 Å². The smallest absolute Gasteiger partial charge is 0.247 e. The number of nitrogens with zero attached hydrogens (tertiary/aromatic N) is 1. The number of carbonyl (C=O) groups is 3. The first-order valence-corrected chi connectivity index (χ1v) is 12.3. The molecule has 9 nitrogen and oxygen atoms in total. The second kappa shape index (κ2) is 12.4. The maximum Gasteiger partial charge on any atom is 0.247 e. The maximum absolute atomic E-state index is 13.1. The van der Waals surface area contributed by atoms with Crippen LogP contribution in [-0.2, 0) is 20.9 Å². The summed E-state index contributed by atoms with van der Waals surface area (Å²) in [6, 6.07) is 13.2. The van der Waals surface area contributed by atoms with Crippen LogP contribution in [0.3, 0.4) is 0 Å². The van der Waals surface area contributed by atoms with E-state index in [2.05, 4.69) is 10.2 Å². The Morgan fingerprint density at radius 3 is 2.47 bits per heavy atom. The Hall–Kier alpha value is -3.59. The Bertz CT molecular complexity index is 1070. The average molecular weight is 497 g/mol. The predicted molar refractivity (Wildman–Crippen MR) is 138 cm³/mol. The van der Waals surface area contributed by atoms with Crippen LogP contribution in [0.15, 0.2) is 42.5 Å². The number of methoxy groups -OCH3 is 1. The number of ether oxygens (including phenoxy) is 1. The minimum absolute atomic E-state index is 0.0825. The Balaban J connectivity index is 1.82. The molecule has 1 heterocycles. The number of benzene rings is 2. The van der Waals surface area contributed by atoms with Gasteiger partial charge < -0.3 is 20.7 Å². The molecule has 0 aromatic heterocycles. The van der Waals surface area contributed by atoms with Crippen molar-refractivity contribution in [1.29, 1.82) is 0 Å². The Morgan fingerprint density at radius 2 is 1.86 bits per heavy atom. The van der Waals surface area contributed by atoms with Crippen molar-refractivity contribution < 1.29 is 24.3 Å². The fourth-order valence-electron chi connectivity index (χ4n) is 4.73. The Labute approximate surface area is 212 Å². The fraction of sp³-hybridized carbons (Fsp3) is 0.444. The van der Waals surface area contributed by atoms with Gasteiger partial charge in [-0.3, -0.25) is 19.6 Å². The number of hydrogen-bond donors (Lipinski definition) is 4. The number of carbonyl (C=O) groups excluding carboxylic acids is 3. The van der Waals surface area contributed by atoms with Gasteiger partial charge in [-0.1, -0.05) is 44.9 Å². The lowest BCUT2D eigenvalue weighted by atomic mass is 9.90. The van der Waals surface area contributed by atoms with Gasteiger partial charge in [0.25, 0.3) is 0 Å². The van der Waals surface area contributed by atoms with Crippen LogP contribution in [0.4, 0.5) is 11.4 Å². The van der Waals surface area contributed by atoms with E-state index in [-0.39, 0.29) is 24.3 Å². The third kappa shape index (κ3) is 6.54. The minimum atomic E-state index is -0.503. The van der Waals surface area contributed by atoms with Crippen molar-refractivity contribution >= 4 is 29.1 Å². The molecule has 0 bridgehead atoms. The molecule has 9 heteroatoms. The molecule has 0 spiro atoms. The van der Waals surface area contributed by atoms with Crippen molar-refractivity contribution in [2.24, 2.45) is 11.7 Å². The van der Waals surface area contributed by atoms with Crippen LogP contribution in [0.2, 0.25) is 0 Å². The van der Waals surface area contributed by atoms with Gasteiger partial charge in [-0.25, -0.2) is 5.48 Å². The van der Waals surface area contributed by atoms with Crippen LogP contribution in [0.25, 0.3) is 0 Å². The number of primary amides is 1. The van der Waals surface area contributed by atoms with Gasteiger partial charge in [-0.15, -0.1) is 0 Å². The number of hydrogen-bond acceptors (Lipinski definition) is 6. The summed E-state index contributed by atoms with van der Waals surface area (Å²) in [5.74, 6) is -0.583. The Kier molecular flexibility index (Phi) is 9.30. The van der Waals surface area contributed by atoms with E-state index >= 15 is 0 Å². The summed E-state index contributed by atoms with van der Waals surface area (Å²) in [7, 11) is 1.63. The molecule has 0 saturated heterocycles. The lowest BCUT2D eigenvalue weighted by Gasteiger charge is -2.40. The number of hydroxylamine groups is 1. The molecule has 3 amide bonds. The molecule has 1 aliphatic rings. The molecule has 194 valence electrons. The average Bonchev–Trinajstić information content (AvgIpc) is 2.85. The van der Waals surface area contributed by atoms with E-state index in [1.54, 1.807) is 12.6 Å². The summed E-state index contributed by atoms with van der Waals surface area (Å²) in [6.07, 6.45) is 2.80. The molecule has 0 fully saturated rings. The number of amides is 3. The first-order valence-electron chi connectivity index (χ1n) is 12.3. The van der Waals surface area contributed by atoms with E-state index in [0.717, 1.165) is 29.0 Å². The van der Waals surface area contributed by atoms with Crippen molar-refractivity contribution in [2.45, 2.75) is 64.5 Å². The molecule has 0 saturated carbocycles. The number of nitrogens with two attached hydrogens (primary N) is 1. The van der Waals surface area contributed by atoms with Gasteiger partial charge in [0.15, 0.2) is 0 Å². The molecular weight excluding hydrogens is 460 g/mol. The maximum atomic E-state index is 13.1. The molecule has 0 aliphatic carbocycles. The van der Waals surface area contributed by atoms with Gasteiger partial charge in [-0.2, -0.15) is 0 Å². The van der Waals surface area contributed by atoms with E-state index in [1.807, 2.05) is 56.3 Å². The molecule has 5 N–H and O–H groups in total. The molecule has 1 aliphatic heterocycles. The number of fused-ring (bicyclic) bond motifs is 1. The summed E-state index contributed by atoms with van der Waals surface area (Å²) in [4.78, 5) is 38.7. The van der Waals surface area contributed by atoms with E-state index in [1.165, 1.54) is 0 Å². The third-order valence-electron chi connectivity index (χ3n) is 6.60. The zero-order valence-corrected chi connectivity index (χ0v) is 21.1. The summed E-state index contributed by atoms with van der Waals surface area (Å²) >= 11 is 0. The van der Waals surface area contributed by atoms with E-state index in [4.69, 9.17) is 15.7 Å². The zero-order valence-electron chi connectivity index (χ0n) is 21.1. The van der Waals surface area contributed by atoms with Crippen LogP contribution in [0, 0.1) is 5.92 Å². The SMILES string of the molecule is COc1ccc(CN2c3ccc(C(CCCCCC(=O)NO)C(N)=O)cc3NC(=O)[C@H]2C(C)C)cc1. The zero-order chi connectivity index (χ0) is 26.2. The third-order valence-corrected chi connectivity index (χ3v) is 6.60. The Morgan fingerprint density at radius 1 is 1.14 bits per heavy atom. The largest absolute Gasteiger partial charge is 0.497 e. The minimum Gasteiger partial charge on any atom is -0.497 e. The topological polar surface area (TPSA) is 134 Å². The molecule has 0 radical (unpaired) electrons. The molecule has 1 unspecified atom stereocenters. The number of nitrogens with one attached hydrogen (secondary N) is 2. The standard InChI is InChI=1S/C27H36N4O5/c1-17(2)25-27(34)29-22-15-19(21(26(28)33)7-5-4-6-8-24(32)30-35)11-14-23(22)31(25)16-18-9-12-20(36-3)13-10-18/h9-15,17,21,25,35H,4-8,16H2,1-3H3,(H2,28,33)(H,29,34)(H,30,32)/t21?,25-/m1/s1. The highest BCUT2D eigenvalue weighted by atomic mass is 16.5. The number of rotatable bonds is 12. The van der Waals surface area contributed by atoms with Crippen LogP contribution >= 0.6 is 0 Å². The number of unbranched alkanes of at least 4 members (excludes halogenated alkanes) is 2. The van der Waals surface area contributed by atoms with E-state index in [9.17, 15) is 14.4 Å². The molecule has 2 aromatic rings. The monoisotopic (exact) mass is 496 g/mol. The van der Waals surface area contributed by atoms with Crippen LogP contribution in [0.1, 0.15) is 63.0 Å². The van der Waals surface area contributed by atoms with Crippen molar-refractivity contribution in [3.63, 3.8) is 0 Å². The van der Waals surface area contributed by atoms with Gasteiger partial charge in [0, 0.05) is 13.0 Å². The lowest BCUT2D eigenvalue weighted by molar-refractivity contribution is -0.129. The number of anilines is 2. The molecular formula is C27H36N4O5. The van der Waals surface area contributed by atoms with Gasteiger partial charge in [0.1, 0.15) is 11.8 Å². The lowest BCUT2D eigenvalue weighted by Crippen LogP contribution is -2.50. The molecule has 36 heavy (non-hydrogen) atoms. The van der Waals surface area contributed by atoms with Crippen molar-refractivity contribution in [3.05, 3.63) is 53.6 Å². The van der Waals surface area contributed by atoms with Crippen molar-refractivity contribution in [1.82, 2.24) is 5.48 Å². The first kappa shape index (κ1) is 27.0. The molecule has 3 rings (SSSR count). The second-order valence-corrected chi connectivity index (χ2v) is 9.52. The summed E-state index contributed by atoms with van der Waals surface area (Å²) in [5.41, 5.74) is 10.7. The van der Waals surface area contributed by atoms with Crippen molar-refractivity contribution in [2.75, 3.05) is 17.3 Å². The van der Waals surface area contributed by atoms with Crippen molar-refractivity contribution in [3.8, 4) is 5.75 Å². The van der Waals surface area contributed by atoms with Crippen LogP contribution in [0.5, 0.6) is 5.75 Å². The highest BCUT2D eigenvalue weighted by Gasteiger charge is 2.35. The van der Waals surface area contributed by atoms with Gasteiger partial charge >= 0.3 is 0 Å². The second-order valence-electron chi connectivity index (χ2n) is 9.52. The van der Waals surface area contributed by atoms with E-state index in [0.29, 0.717) is 31.5 Å². The fourth-order valence-corrected chi connectivity index (χ4v) is 4.73. The first-order chi connectivity index (χ1) is 17.2.